The van der Waals surface area contributed by atoms with Gasteiger partial charge in [-0.1, -0.05) is 96.9 Å². The number of rotatable bonds is 1. The highest BCUT2D eigenvalue weighted by Gasteiger charge is 2.70. The van der Waals surface area contributed by atoms with Gasteiger partial charge in [-0.15, -0.1) is 0 Å². The Hall–Kier alpha value is 0. The van der Waals surface area contributed by atoms with Crippen molar-refractivity contribution in [1.82, 2.24) is 0 Å². The zero-order valence-corrected chi connectivity index (χ0v) is 32.2. The van der Waals surface area contributed by atoms with E-state index < -0.39 is 0 Å². The minimum atomic E-state index is 0.452. The van der Waals surface area contributed by atoms with Gasteiger partial charge in [0.1, 0.15) is 0 Å². The largest absolute Gasteiger partial charge is 0.0599 e. The Kier molecular flexibility index (Phi) is 7.08. The topological polar surface area (TPSA) is 0 Å². The van der Waals surface area contributed by atoms with Crippen LogP contribution in [0, 0.1) is 109 Å². The standard InChI is InChI=1S/C44H76/c1-38(2,3)26-19-31-36(20-26)44(14,25-43(31,12)13)37-29-23-34-32(39(4,5)15-17-41(34,8)9)21-27(29)28-22-33-35(24-30(28)37)42(10,11)18-16-40(33,6)7/h26-37H,15-25H2,1-14H3. The fourth-order valence-electron chi connectivity index (χ4n) is 16.1. The van der Waals surface area contributed by atoms with E-state index >= 15 is 0 Å². The molecule has 0 aromatic heterocycles. The summed E-state index contributed by atoms with van der Waals surface area (Å²) in [5, 5.41) is 0. The van der Waals surface area contributed by atoms with Crippen molar-refractivity contribution >= 4 is 0 Å². The van der Waals surface area contributed by atoms with Crippen LogP contribution in [0.1, 0.15) is 168 Å². The maximum Gasteiger partial charge on any atom is -0.0256 e. The normalized spacial score (nSPS) is 52.8. The second kappa shape index (κ2) is 9.58. The van der Waals surface area contributed by atoms with Gasteiger partial charge < -0.3 is 0 Å². The number of hydrogen-bond acceptors (Lipinski definition) is 0. The monoisotopic (exact) mass is 605 g/mol. The molecule has 0 bridgehead atoms. The molecule has 0 aromatic rings. The highest BCUT2D eigenvalue weighted by Crippen LogP contribution is 2.77. The summed E-state index contributed by atoms with van der Waals surface area (Å²) in [6.45, 7) is 37.6. The fraction of sp³-hybridized carbons (Fsp3) is 1.00. The molecule has 0 aromatic carbocycles. The Morgan fingerprint density at radius 2 is 0.705 bits per heavy atom. The molecule has 12 unspecified atom stereocenters. The Morgan fingerprint density at radius 1 is 0.386 bits per heavy atom. The Bertz CT molecular complexity index is 1070. The lowest BCUT2D eigenvalue weighted by molar-refractivity contribution is -0.0969. The average molecular weight is 605 g/mol. The first-order chi connectivity index (χ1) is 20.0. The number of fused-ring (bicyclic) bond motifs is 6. The fourth-order valence-corrected chi connectivity index (χ4v) is 16.1. The van der Waals surface area contributed by atoms with Crippen LogP contribution in [0.25, 0.3) is 0 Å². The third-order valence-corrected chi connectivity index (χ3v) is 18.7. The third kappa shape index (κ3) is 4.59. The molecule has 7 rings (SSSR count). The van der Waals surface area contributed by atoms with E-state index in [0.29, 0.717) is 37.9 Å². The molecule has 7 aliphatic carbocycles. The maximum absolute atomic E-state index is 2.93. The first-order valence-corrected chi connectivity index (χ1v) is 20.0. The van der Waals surface area contributed by atoms with Crippen molar-refractivity contribution in [1.29, 1.82) is 0 Å². The molecule has 0 amide bonds. The van der Waals surface area contributed by atoms with Crippen LogP contribution in [0.15, 0.2) is 0 Å². The van der Waals surface area contributed by atoms with Gasteiger partial charge in [-0.2, -0.15) is 0 Å². The van der Waals surface area contributed by atoms with Gasteiger partial charge in [0.2, 0.25) is 0 Å². The molecule has 7 aliphatic rings. The third-order valence-electron chi connectivity index (χ3n) is 18.7. The molecule has 252 valence electrons. The van der Waals surface area contributed by atoms with Crippen LogP contribution in [-0.2, 0) is 0 Å². The number of hydrogen-bond donors (Lipinski definition) is 0. The highest BCUT2D eigenvalue weighted by atomic mass is 14.7. The quantitative estimate of drug-likeness (QED) is 0.279. The van der Waals surface area contributed by atoms with Crippen molar-refractivity contribution in [3.8, 4) is 0 Å². The van der Waals surface area contributed by atoms with E-state index in [1.54, 1.807) is 25.7 Å². The Morgan fingerprint density at radius 3 is 1.07 bits per heavy atom. The van der Waals surface area contributed by atoms with E-state index in [-0.39, 0.29) is 0 Å². The van der Waals surface area contributed by atoms with Gasteiger partial charge in [0.15, 0.2) is 0 Å². The van der Waals surface area contributed by atoms with E-state index in [1.807, 2.05) is 0 Å². The van der Waals surface area contributed by atoms with Crippen molar-refractivity contribution in [2.45, 2.75) is 168 Å². The summed E-state index contributed by atoms with van der Waals surface area (Å²) in [6.07, 6.45) is 16.6. The molecule has 0 radical (unpaired) electrons. The predicted molar refractivity (Wildman–Crippen MR) is 189 cm³/mol. The molecule has 44 heavy (non-hydrogen) atoms. The van der Waals surface area contributed by atoms with Crippen molar-refractivity contribution < 1.29 is 0 Å². The summed E-state index contributed by atoms with van der Waals surface area (Å²) in [7, 11) is 0. The van der Waals surface area contributed by atoms with E-state index in [1.165, 1.54) is 44.9 Å². The lowest BCUT2D eigenvalue weighted by Crippen LogP contribution is -2.51. The van der Waals surface area contributed by atoms with Crippen molar-refractivity contribution in [3.63, 3.8) is 0 Å². The predicted octanol–water partition coefficient (Wildman–Crippen LogP) is 13.0. The van der Waals surface area contributed by atoms with Crippen molar-refractivity contribution in [2.24, 2.45) is 109 Å². The van der Waals surface area contributed by atoms with Gasteiger partial charge in [0, 0.05) is 0 Å². The van der Waals surface area contributed by atoms with E-state index in [0.717, 1.165) is 71.0 Å². The second-order valence-electron chi connectivity index (χ2n) is 23.9. The van der Waals surface area contributed by atoms with Crippen LogP contribution in [0.4, 0.5) is 0 Å². The highest BCUT2D eigenvalue weighted by molar-refractivity contribution is 5.18. The zero-order valence-electron chi connectivity index (χ0n) is 32.2. The summed E-state index contributed by atoms with van der Waals surface area (Å²) < 4.78 is 0. The molecular weight excluding hydrogens is 528 g/mol. The molecule has 0 N–H and O–H groups in total. The molecule has 0 heterocycles. The van der Waals surface area contributed by atoms with Gasteiger partial charge in [0.25, 0.3) is 0 Å². The molecule has 0 nitrogen and oxygen atoms in total. The molecule has 0 saturated heterocycles. The van der Waals surface area contributed by atoms with Gasteiger partial charge in [-0.25, -0.2) is 0 Å². The van der Waals surface area contributed by atoms with Gasteiger partial charge in [-0.3, -0.25) is 0 Å². The van der Waals surface area contributed by atoms with Gasteiger partial charge in [-0.05, 0) is 180 Å². The van der Waals surface area contributed by atoms with Crippen LogP contribution in [-0.4, -0.2) is 0 Å². The summed E-state index contributed by atoms with van der Waals surface area (Å²) >= 11 is 0. The second-order valence-corrected chi connectivity index (χ2v) is 23.9. The van der Waals surface area contributed by atoms with Crippen LogP contribution in [0.5, 0.6) is 0 Å². The molecule has 0 spiro atoms. The van der Waals surface area contributed by atoms with E-state index in [4.69, 9.17) is 0 Å². The first kappa shape index (κ1) is 32.5. The molecular formula is C44H76. The lowest BCUT2D eigenvalue weighted by atomic mass is 9.46. The van der Waals surface area contributed by atoms with Crippen molar-refractivity contribution in [2.75, 3.05) is 0 Å². The molecule has 0 aliphatic heterocycles. The van der Waals surface area contributed by atoms with E-state index in [2.05, 4.69) is 96.9 Å². The SMILES string of the molecule is CC(C)(C)C1CC2C(C1)C(C)(C1C3CC4C(CC3C3CC5C(CC31)C(C)(C)CCC5(C)C)C(C)(C)CCC4(C)C)CC2(C)C. The molecule has 7 fully saturated rings. The zero-order chi connectivity index (χ0) is 32.2. The van der Waals surface area contributed by atoms with Gasteiger partial charge in [0.05, 0.1) is 0 Å². The maximum atomic E-state index is 2.93. The van der Waals surface area contributed by atoms with Crippen LogP contribution < -0.4 is 0 Å². The van der Waals surface area contributed by atoms with Crippen LogP contribution in [0.2, 0.25) is 0 Å². The molecule has 0 heteroatoms. The summed E-state index contributed by atoms with van der Waals surface area (Å²) in [4.78, 5) is 0. The smallest absolute Gasteiger partial charge is 0.0256 e. The Balaban J connectivity index is 1.33. The minimum absolute atomic E-state index is 0.452. The van der Waals surface area contributed by atoms with Crippen LogP contribution >= 0.6 is 0 Å². The summed E-state index contributed by atoms with van der Waals surface area (Å²) in [5.74, 6) is 11.5. The van der Waals surface area contributed by atoms with Gasteiger partial charge >= 0.3 is 0 Å². The first-order valence-electron chi connectivity index (χ1n) is 20.0. The van der Waals surface area contributed by atoms with Crippen molar-refractivity contribution in [3.05, 3.63) is 0 Å². The lowest BCUT2D eigenvalue weighted by Gasteiger charge is -2.59. The van der Waals surface area contributed by atoms with E-state index in [9.17, 15) is 0 Å². The minimum Gasteiger partial charge on any atom is -0.0599 e. The Labute approximate surface area is 275 Å². The molecule has 12 atom stereocenters. The summed E-state index contributed by atoms with van der Waals surface area (Å²) in [6, 6.07) is 0. The molecule has 7 saturated carbocycles. The average Bonchev–Trinajstić information content (AvgIpc) is 3.54. The summed E-state index contributed by atoms with van der Waals surface area (Å²) in [5.41, 5.74) is 3.57. The van der Waals surface area contributed by atoms with Crippen LogP contribution in [0.3, 0.4) is 0 Å².